The van der Waals surface area contributed by atoms with E-state index in [1.54, 1.807) is 42.5 Å². The van der Waals surface area contributed by atoms with Crippen LogP contribution in [0.3, 0.4) is 0 Å². The highest BCUT2D eigenvalue weighted by Gasteiger charge is 2.33. The molecule has 0 aromatic heterocycles. The first kappa shape index (κ1) is 22.7. The number of anilines is 2. The second-order valence-electron chi connectivity index (χ2n) is 6.40. The third-order valence-corrected chi connectivity index (χ3v) is 4.35. The van der Waals surface area contributed by atoms with E-state index in [2.05, 4.69) is 10.6 Å². The molecule has 3 aromatic rings. The zero-order chi connectivity index (χ0) is 23.1. The first-order chi connectivity index (χ1) is 15.3. The minimum atomic E-state index is -4.67. The smallest absolute Gasteiger partial charge is 0.418 e. The number of rotatable bonds is 6. The summed E-state index contributed by atoms with van der Waals surface area (Å²) in [5.41, 5.74) is -1.41. The molecular weight excluding hydrogens is 443 g/mol. The van der Waals surface area contributed by atoms with Crippen LogP contribution < -0.4 is 15.4 Å². The Bertz CT molecular complexity index is 1170. The van der Waals surface area contributed by atoms with E-state index in [4.69, 9.17) is 16.3 Å². The van der Waals surface area contributed by atoms with Crippen molar-refractivity contribution < 1.29 is 22.7 Å². The molecule has 0 radical (unpaired) electrons. The molecule has 2 N–H and O–H groups in total. The van der Waals surface area contributed by atoms with Gasteiger partial charge in [0.15, 0.2) is 0 Å². The third-order valence-electron chi connectivity index (χ3n) is 4.12. The van der Waals surface area contributed by atoms with Crippen molar-refractivity contribution in [3.63, 3.8) is 0 Å². The summed E-state index contributed by atoms with van der Waals surface area (Å²) in [6.45, 7) is 0. The van der Waals surface area contributed by atoms with Gasteiger partial charge in [-0.15, -0.1) is 0 Å². The second kappa shape index (κ2) is 9.90. The fourth-order valence-corrected chi connectivity index (χ4v) is 2.78. The van der Waals surface area contributed by atoms with E-state index in [0.717, 1.165) is 18.3 Å². The number of ether oxygens (including phenoxy) is 1. The molecule has 3 aromatic carbocycles. The predicted molar refractivity (Wildman–Crippen MR) is 115 cm³/mol. The Morgan fingerprint density at radius 3 is 2.28 bits per heavy atom. The molecule has 0 spiro atoms. The zero-order valence-electron chi connectivity index (χ0n) is 16.3. The average molecular weight is 458 g/mol. The van der Waals surface area contributed by atoms with E-state index in [0.29, 0.717) is 17.2 Å². The minimum absolute atomic E-state index is 0.0928. The van der Waals surface area contributed by atoms with E-state index in [9.17, 15) is 23.2 Å². The van der Waals surface area contributed by atoms with Crippen molar-refractivity contribution in [2.75, 3.05) is 10.6 Å². The van der Waals surface area contributed by atoms with Gasteiger partial charge in [0.25, 0.3) is 5.91 Å². The number of alkyl halides is 3. The number of para-hydroxylation sites is 1. The van der Waals surface area contributed by atoms with E-state index in [-0.39, 0.29) is 10.7 Å². The molecule has 0 aliphatic carbocycles. The number of nitriles is 1. The first-order valence-electron chi connectivity index (χ1n) is 9.14. The maximum Gasteiger partial charge on any atom is 0.418 e. The van der Waals surface area contributed by atoms with E-state index >= 15 is 0 Å². The maximum atomic E-state index is 13.2. The summed E-state index contributed by atoms with van der Waals surface area (Å²) >= 11 is 5.64. The summed E-state index contributed by atoms with van der Waals surface area (Å²) in [4.78, 5) is 12.4. The number of hydrogen-bond acceptors (Lipinski definition) is 4. The molecule has 0 atom stereocenters. The first-order valence-corrected chi connectivity index (χ1v) is 9.52. The van der Waals surface area contributed by atoms with Crippen LogP contribution in [0.1, 0.15) is 5.56 Å². The summed E-state index contributed by atoms with van der Waals surface area (Å²) in [5.74, 6) is 0.388. The summed E-state index contributed by atoms with van der Waals surface area (Å²) in [6, 6.07) is 20.3. The van der Waals surface area contributed by atoms with Crippen molar-refractivity contribution >= 4 is 28.9 Å². The van der Waals surface area contributed by atoms with Crippen LogP contribution in [0.4, 0.5) is 24.5 Å². The normalized spacial score (nSPS) is 11.4. The van der Waals surface area contributed by atoms with Gasteiger partial charge in [-0.2, -0.15) is 18.4 Å². The Balaban J connectivity index is 1.69. The van der Waals surface area contributed by atoms with Crippen LogP contribution in [0.5, 0.6) is 11.5 Å². The average Bonchev–Trinajstić information content (AvgIpc) is 2.76. The maximum absolute atomic E-state index is 13.2. The standard InChI is InChI=1S/C23H15ClF3N3O2/c24-16-6-11-21(20(12-16)23(25,26)27)29-14-15(13-28)22(31)30-17-7-9-19(10-8-17)32-18-4-2-1-3-5-18/h1-12,14,29H,(H,30,31)/b15-14-. The van der Waals surface area contributed by atoms with Crippen molar-refractivity contribution in [2.45, 2.75) is 6.18 Å². The van der Waals surface area contributed by atoms with Gasteiger partial charge in [0.05, 0.1) is 11.3 Å². The van der Waals surface area contributed by atoms with Gasteiger partial charge in [-0.1, -0.05) is 29.8 Å². The van der Waals surface area contributed by atoms with E-state index < -0.39 is 23.2 Å². The number of carbonyl (C=O) groups is 1. The van der Waals surface area contributed by atoms with Gasteiger partial charge < -0.3 is 15.4 Å². The molecule has 0 saturated carbocycles. The molecule has 0 bridgehead atoms. The number of nitrogens with one attached hydrogen (secondary N) is 2. The topological polar surface area (TPSA) is 74.2 Å². The summed E-state index contributed by atoms with van der Waals surface area (Å²) in [6.07, 6.45) is -3.76. The molecule has 0 saturated heterocycles. The van der Waals surface area contributed by atoms with Crippen LogP contribution in [0.25, 0.3) is 0 Å². The van der Waals surface area contributed by atoms with Crippen molar-refractivity contribution in [3.05, 3.63) is 95.2 Å². The van der Waals surface area contributed by atoms with Crippen LogP contribution in [0, 0.1) is 11.3 Å². The van der Waals surface area contributed by atoms with E-state index in [1.165, 1.54) is 6.07 Å². The molecule has 0 heterocycles. The third kappa shape index (κ3) is 6.03. The van der Waals surface area contributed by atoms with Crippen molar-refractivity contribution in [2.24, 2.45) is 0 Å². The van der Waals surface area contributed by atoms with Gasteiger partial charge in [0, 0.05) is 16.9 Å². The predicted octanol–water partition coefficient (Wildman–Crippen LogP) is 6.61. The molecule has 0 fully saturated rings. The Morgan fingerprint density at radius 1 is 1.00 bits per heavy atom. The molecule has 32 heavy (non-hydrogen) atoms. The van der Waals surface area contributed by atoms with Crippen LogP contribution in [-0.4, -0.2) is 5.91 Å². The SMILES string of the molecule is N#C/C(=C/Nc1ccc(Cl)cc1C(F)(F)F)C(=O)Nc1ccc(Oc2ccccc2)cc1. The number of amides is 1. The van der Waals surface area contributed by atoms with Gasteiger partial charge in [-0.25, -0.2) is 0 Å². The molecule has 9 heteroatoms. The molecule has 162 valence electrons. The van der Waals surface area contributed by atoms with Crippen LogP contribution in [0.15, 0.2) is 84.6 Å². The van der Waals surface area contributed by atoms with Crippen molar-refractivity contribution in [3.8, 4) is 17.6 Å². The molecule has 0 unspecified atom stereocenters. The van der Waals surface area contributed by atoms with Crippen molar-refractivity contribution in [1.82, 2.24) is 0 Å². The Kier molecular flexibility index (Phi) is 7.03. The number of nitrogens with zero attached hydrogens (tertiary/aromatic N) is 1. The van der Waals surface area contributed by atoms with Gasteiger partial charge in [-0.05, 0) is 54.6 Å². The fourth-order valence-electron chi connectivity index (χ4n) is 2.60. The van der Waals surface area contributed by atoms with Gasteiger partial charge in [0.1, 0.15) is 23.1 Å². The zero-order valence-corrected chi connectivity index (χ0v) is 17.0. The minimum Gasteiger partial charge on any atom is -0.457 e. The molecule has 0 aliphatic heterocycles. The lowest BCUT2D eigenvalue weighted by Crippen LogP contribution is -2.15. The lowest BCUT2D eigenvalue weighted by molar-refractivity contribution is -0.136. The number of carbonyl (C=O) groups excluding carboxylic acids is 1. The lowest BCUT2D eigenvalue weighted by atomic mass is 10.1. The monoisotopic (exact) mass is 457 g/mol. The largest absolute Gasteiger partial charge is 0.457 e. The van der Waals surface area contributed by atoms with Gasteiger partial charge in [-0.3, -0.25) is 4.79 Å². The van der Waals surface area contributed by atoms with Gasteiger partial charge in [0.2, 0.25) is 0 Å². The summed E-state index contributed by atoms with van der Waals surface area (Å²) < 4.78 is 45.2. The van der Waals surface area contributed by atoms with Crippen LogP contribution >= 0.6 is 11.6 Å². The number of benzene rings is 3. The molecule has 3 rings (SSSR count). The highest BCUT2D eigenvalue weighted by atomic mass is 35.5. The highest BCUT2D eigenvalue weighted by molar-refractivity contribution is 6.30. The Labute approximate surface area is 186 Å². The molecule has 1 amide bonds. The lowest BCUT2D eigenvalue weighted by Gasteiger charge is -2.13. The van der Waals surface area contributed by atoms with Crippen LogP contribution in [-0.2, 0) is 11.0 Å². The number of hydrogen-bond donors (Lipinski definition) is 2. The fraction of sp³-hybridized carbons (Fsp3) is 0.0435. The van der Waals surface area contributed by atoms with Gasteiger partial charge >= 0.3 is 6.18 Å². The highest BCUT2D eigenvalue weighted by Crippen LogP contribution is 2.36. The molecule has 0 aliphatic rings. The molecule has 5 nitrogen and oxygen atoms in total. The number of halogens is 4. The van der Waals surface area contributed by atoms with Crippen LogP contribution in [0.2, 0.25) is 5.02 Å². The van der Waals surface area contributed by atoms with E-state index in [1.807, 2.05) is 18.2 Å². The summed E-state index contributed by atoms with van der Waals surface area (Å²) in [7, 11) is 0. The second-order valence-corrected chi connectivity index (χ2v) is 6.83. The van der Waals surface area contributed by atoms with Crippen molar-refractivity contribution in [1.29, 1.82) is 5.26 Å². The quantitative estimate of drug-likeness (QED) is 0.322. The Morgan fingerprint density at radius 2 is 1.66 bits per heavy atom. The Hall–Kier alpha value is -3.96. The molecular formula is C23H15ClF3N3O2. The summed E-state index contributed by atoms with van der Waals surface area (Å²) in [5, 5.41) is 14.0.